The number of hydrogen-bond donors (Lipinski definition) is 1. The van der Waals surface area contributed by atoms with Crippen molar-refractivity contribution in [3.63, 3.8) is 0 Å². The lowest BCUT2D eigenvalue weighted by Gasteiger charge is -2.11. The second kappa shape index (κ2) is 4.74. The molecule has 0 fully saturated rings. The molecule has 2 aromatic rings. The Hall–Kier alpha value is -1.34. The van der Waals surface area contributed by atoms with E-state index in [-0.39, 0.29) is 0 Å². The Morgan fingerprint density at radius 1 is 1.44 bits per heavy atom. The van der Waals surface area contributed by atoms with Crippen molar-refractivity contribution in [2.45, 2.75) is 26.0 Å². The molecular formula is C11H12BrFN4O. The zero-order chi connectivity index (χ0) is 13.3. The van der Waals surface area contributed by atoms with Crippen LogP contribution in [-0.2, 0) is 12.1 Å². The van der Waals surface area contributed by atoms with E-state index in [1.807, 2.05) is 0 Å². The summed E-state index contributed by atoms with van der Waals surface area (Å²) >= 11 is 3.19. The summed E-state index contributed by atoms with van der Waals surface area (Å²) in [7, 11) is 0. The van der Waals surface area contributed by atoms with Gasteiger partial charge >= 0.3 is 0 Å². The molecule has 0 saturated heterocycles. The number of aromatic nitrogens is 4. The average Bonchev–Trinajstić information content (AvgIpc) is 2.70. The summed E-state index contributed by atoms with van der Waals surface area (Å²) in [4.78, 5) is 3.66. The van der Waals surface area contributed by atoms with Crippen molar-refractivity contribution in [3.8, 4) is 0 Å². The minimum absolute atomic E-state index is 0.400. The Morgan fingerprint density at radius 3 is 2.72 bits per heavy atom. The molecule has 0 spiro atoms. The van der Waals surface area contributed by atoms with Gasteiger partial charge in [-0.25, -0.2) is 9.67 Å². The summed E-state index contributed by atoms with van der Waals surface area (Å²) in [6, 6.07) is 2.91. The van der Waals surface area contributed by atoms with Crippen molar-refractivity contribution in [2.24, 2.45) is 0 Å². The number of rotatable bonds is 3. The van der Waals surface area contributed by atoms with Crippen LogP contribution in [0.3, 0.4) is 0 Å². The van der Waals surface area contributed by atoms with Crippen molar-refractivity contribution < 1.29 is 9.50 Å². The van der Waals surface area contributed by atoms with E-state index in [1.165, 1.54) is 6.07 Å². The molecule has 0 aliphatic carbocycles. The van der Waals surface area contributed by atoms with Gasteiger partial charge in [0.15, 0.2) is 0 Å². The summed E-state index contributed by atoms with van der Waals surface area (Å²) in [5, 5.41) is 17.6. The maximum absolute atomic E-state index is 12.8. The molecule has 0 aliphatic rings. The van der Waals surface area contributed by atoms with Gasteiger partial charge in [0.05, 0.1) is 12.7 Å². The number of hydrogen-bond acceptors (Lipinski definition) is 4. The zero-order valence-electron chi connectivity index (χ0n) is 9.93. The first-order valence-electron chi connectivity index (χ1n) is 5.30. The Morgan fingerprint density at radius 2 is 2.17 bits per heavy atom. The van der Waals surface area contributed by atoms with Crippen LogP contribution in [0, 0.1) is 5.95 Å². The van der Waals surface area contributed by atoms with Gasteiger partial charge in [0.1, 0.15) is 15.9 Å². The Kier molecular flexibility index (Phi) is 3.45. The van der Waals surface area contributed by atoms with E-state index in [0.29, 0.717) is 16.8 Å². The topological polar surface area (TPSA) is 63.8 Å². The van der Waals surface area contributed by atoms with E-state index < -0.39 is 11.5 Å². The maximum Gasteiger partial charge on any atom is 0.213 e. The lowest BCUT2D eigenvalue weighted by atomic mass is 10.1. The molecule has 0 atom stereocenters. The number of nitrogens with zero attached hydrogens (tertiary/aromatic N) is 4. The van der Waals surface area contributed by atoms with Crippen LogP contribution in [0.4, 0.5) is 4.39 Å². The average molecular weight is 315 g/mol. The first kappa shape index (κ1) is 13.1. The molecule has 2 heterocycles. The Labute approximate surface area is 112 Å². The first-order chi connectivity index (χ1) is 8.36. The van der Waals surface area contributed by atoms with Crippen LogP contribution in [0.25, 0.3) is 0 Å². The zero-order valence-corrected chi connectivity index (χ0v) is 11.5. The third-order valence-corrected chi connectivity index (χ3v) is 3.08. The number of halogens is 2. The highest BCUT2D eigenvalue weighted by Gasteiger charge is 2.20. The fraction of sp³-hybridized carbons (Fsp3) is 0.364. The van der Waals surface area contributed by atoms with Gasteiger partial charge in [0, 0.05) is 5.56 Å². The van der Waals surface area contributed by atoms with Crippen molar-refractivity contribution in [1.82, 2.24) is 20.0 Å². The molecule has 0 amide bonds. The van der Waals surface area contributed by atoms with Crippen molar-refractivity contribution in [2.75, 3.05) is 0 Å². The number of aliphatic hydroxyl groups is 1. The predicted octanol–water partition coefficient (Wildman–Crippen LogP) is 1.85. The summed E-state index contributed by atoms with van der Waals surface area (Å²) in [6.07, 6.45) is 1.65. The highest BCUT2D eigenvalue weighted by Crippen LogP contribution is 2.18. The Bertz CT molecular complexity index is 564. The summed E-state index contributed by atoms with van der Waals surface area (Å²) in [5.41, 5.74) is 0.230. The summed E-state index contributed by atoms with van der Waals surface area (Å²) in [6.45, 7) is 3.67. The van der Waals surface area contributed by atoms with Gasteiger partial charge in [-0.15, -0.1) is 5.10 Å². The van der Waals surface area contributed by atoms with Crippen molar-refractivity contribution in [1.29, 1.82) is 0 Å². The molecule has 2 aromatic heterocycles. The smallest absolute Gasteiger partial charge is 0.213 e. The molecular weight excluding hydrogens is 303 g/mol. The molecule has 18 heavy (non-hydrogen) atoms. The Balaban J connectivity index is 2.21. The highest BCUT2D eigenvalue weighted by atomic mass is 79.9. The molecule has 0 bridgehead atoms. The third-order valence-electron chi connectivity index (χ3n) is 2.39. The van der Waals surface area contributed by atoms with E-state index >= 15 is 0 Å². The SMILES string of the molecule is CC(C)(O)c1cn(Cc2ccc(F)nc2Br)nn1. The highest BCUT2D eigenvalue weighted by molar-refractivity contribution is 9.10. The van der Waals surface area contributed by atoms with Crippen LogP contribution in [0.1, 0.15) is 25.1 Å². The predicted molar refractivity (Wildman–Crippen MR) is 66.3 cm³/mol. The van der Waals surface area contributed by atoms with Crippen LogP contribution >= 0.6 is 15.9 Å². The summed E-state index contributed by atoms with van der Waals surface area (Å²) < 4.78 is 14.8. The van der Waals surface area contributed by atoms with E-state index in [4.69, 9.17) is 0 Å². The molecule has 7 heteroatoms. The molecule has 2 rings (SSSR count). The molecule has 0 radical (unpaired) electrons. The molecule has 96 valence electrons. The van der Waals surface area contributed by atoms with Crippen LogP contribution in [0.5, 0.6) is 0 Å². The second-order valence-corrected chi connectivity index (χ2v) is 5.20. The second-order valence-electron chi connectivity index (χ2n) is 4.44. The lowest BCUT2D eigenvalue weighted by molar-refractivity contribution is 0.0737. The third kappa shape index (κ3) is 2.91. The van der Waals surface area contributed by atoms with Crippen molar-refractivity contribution >= 4 is 15.9 Å². The van der Waals surface area contributed by atoms with Gasteiger partial charge in [-0.3, -0.25) is 0 Å². The quantitative estimate of drug-likeness (QED) is 0.878. The van der Waals surface area contributed by atoms with Crippen LogP contribution < -0.4 is 0 Å². The fourth-order valence-electron chi connectivity index (χ4n) is 1.39. The molecule has 0 aromatic carbocycles. The minimum Gasteiger partial charge on any atom is -0.384 e. The summed E-state index contributed by atoms with van der Waals surface area (Å²) in [5.74, 6) is -0.540. The minimum atomic E-state index is -1.03. The first-order valence-corrected chi connectivity index (χ1v) is 6.09. The fourth-order valence-corrected chi connectivity index (χ4v) is 1.82. The molecule has 5 nitrogen and oxygen atoms in total. The molecule has 1 N–H and O–H groups in total. The van der Waals surface area contributed by atoms with E-state index in [0.717, 1.165) is 5.56 Å². The van der Waals surface area contributed by atoms with Gasteiger partial charge < -0.3 is 5.11 Å². The lowest BCUT2D eigenvalue weighted by Crippen LogP contribution is -2.15. The maximum atomic E-state index is 12.8. The van der Waals surface area contributed by atoms with E-state index in [9.17, 15) is 9.50 Å². The van der Waals surface area contributed by atoms with Crippen LogP contribution in [-0.4, -0.2) is 25.1 Å². The molecule has 0 saturated carbocycles. The largest absolute Gasteiger partial charge is 0.384 e. The van der Waals surface area contributed by atoms with Crippen LogP contribution in [0.15, 0.2) is 22.9 Å². The monoisotopic (exact) mass is 314 g/mol. The van der Waals surface area contributed by atoms with Crippen LogP contribution in [0.2, 0.25) is 0 Å². The van der Waals surface area contributed by atoms with E-state index in [1.54, 1.807) is 30.8 Å². The van der Waals surface area contributed by atoms with Gasteiger partial charge in [0.25, 0.3) is 0 Å². The van der Waals surface area contributed by atoms with Gasteiger partial charge in [-0.1, -0.05) is 5.21 Å². The molecule has 0 unspecified atom stereocenters. The van der Waals surface area contributed by atoms with Gasteiger partial charge in [-0.2, -0.15) is 4.39 Å². The molecule has 0 aliphatic heterocycles. The number of pyridine rings is 1. The standard InChI is InChI=1S/C11H12BrFN4O/c1-11(2,18)8-6-17(16-15-8)5-7-3-4-9(13)14-10(7)12/h3-4,6,18H,5H2,1-2H3. The van der Waals surface area contributed by atoms with E-state index in [2.05, 4.69) is 31.2 Å². The normalized spacial score (nSPS) is 11.8. The van der Waals surface area contributed by atoms with Gasteiger partial charge in [0.2, 0.25) is 5.95 Å². The van der Waals surface area contributed by atoms with Gasteiger partial charge in [-0.05, 0) is 41.9 Å². The van der Waals surface area contributed by atoms with Crippen molar-refractivity contribution in [3.05, 3.63) is 40.1 Å².